The van der Waals surface area contributed by atoms with Crippen molar-refractivity contribution in [1.82, 2.24) is 15.0 Å². The molecular weight excluding hydrogens is 265 g/mol. The summed E-state index contributed by atoms with van der Waals surface area (Å²) in [5.74, 6) is 0. The monoisotopic (exact) mass is 279 g/mol. The molecule has 3 aromatic rings. The summed E-state index contributed by atoms with van der Waals surface area (Å²) >= 11 is 0. The van der Waals surface area contributed by atoms with E-state index >= 15 is 0 Å². The van der Waals surface area contributed by atoms with Gasteiger partial charge in [-0.15, -0.1) is 5.10 Å². The van der Waals surface area contributed by atoms with Gasteiger partial charge in [0.25, 0.3) is 0 Å². The fourth-order valence-electron chi connectivity index (χ4n) is 2.22. The minimum absolute atomic E-state index is 0.438. The molecule has 1 heterocycles. The van der Waals surface area contributed by atoms with E-state index in [9.17, 15) is 10.0 Å². The molecule has 21 heavy (non-hydrogen) atoms. The van der Waals surface area contributed by atoms with Crippen LogP contribution in [0.5, 0.6) is 0 Å². The second-order valence-corrected chi connectivity index (χ2v) is 4.74. The Labute approximate surface area is 122 Å². The van der Waals surface area contributed by atoms with E-state index in [0.717, 1.165) is 16.8 Å². The summed E-state index contributed by atoms with van der Waals surface area (Å²) in [5.41, 5.74) is 3.07. The minimum Gasteiger partial charge on any atom is -0.423 e. The zero-order valence-corrected chi connectivity index (χ0v) is 11.3. The molecule has 6 heteroatoms. The van der Waals surface area contributed by atoms with Crippen molar-refractivity contribution in [2.45, 2.75) is 6.54 Å². The fraction of sp³-hybridized carbons (Fsp3) is 0.0667. The van der Waals surface area contributed by atoms with E-state index in [0.29, 0.717) is 12.0 Å². The van der Waals surface area contributed by atoms with Crippen molar-refractivity contribution in [2.24, 2.45) is 0 Å². The lowest BCUT2D eigenvalue weighted by molar-refractivity contribution is 0.425. The molecule has 0 fully saturated rings. The highest BCUT2D eigenvalue weighted by molar-refractivity contribution is 6.59. The summed E-state index contributed by atoms with van der Waals surface area (Å²) in [6.45, 7) is 0.438. The molecule has 0 atom stereocenters. The molecule has 0 spiro atoms. The Kier molecular flexibility index (Phi) is 3.81. The maximum atomic E-state index is 9.38. The quantitative estimate of drug-likeness (QED) is 0.689. The van der Waals surface area contributed by atoms with Crippen LogP contribution in [0, 0.1) is 0 Å². The van der Waals surface area contributed by atoms with Crippen LogP contribution in [0.4, 0.5) is 0 Å². The fourth-order valence-corrected chi connectivity index (χ4v) is 2.22. The molecule has 2 aromatic carbocycles. The zero-order chi connectivity index (χ0) is 14.7. The summed E-state index contributed by atoms with van der Waals surface area (Å²) in [6, 6.07) is 17.0. The first-order chi connectivity index (χ1) is 10.2. The van der Waals surface area contributed by atoms with Crippen molar-refractivity contribution in [2.75, 3.05) is 0 Å². The van der Waals surface area contributed by atoms with Gasteiger partial charge in [-0.3, -0.25) is 0 Å². The Hall–Kier alpha value is -2.44. The van der Waals surface area contributed by atoms with Crippen LogP contribution in [0.1, 0.15) is 5.56 Å². The van der Waals surface area contributed by atoms with E-state index < -0.39 is 7.12 Å². The lowest BCUT2D eigenvalue weighted by Crippen LogP contribution is -2.33. The molecular formula is C15H14BN3O2. The Balaban J connectivity index is 1.86. The molecule has 2 N–H and O–H groups in total. The SMILES string of the molecule is OB(O)c1ccccc1Cn1cc(-c2ccccc2)nn1. The first-order valence-corrected chi connectivity index (χ1v) is 6.63. The molecule has 0 amide bonds. The van der Waals surface area contributed by atoms with Crippen LogP contribution >= 0.6 is 0 Å². The summed E-state index contributed by atoms with van der Waals surface area (Å²) in [4.78, 5) is 0. The first-order valence-electron chi connectivity index (χ1n) is 6.63. The van der Waals surface area contributed by atoms with Gasteiger partial charge in [0.15, 0.2) is 0 Å². The van der Waals surface area contributed by atoms with Crippen LogP contribution < -0.4 is 5.46 Å². The van der Waals surface area contributed by atoms with Crippen molar-refractivity contribution < 1.29 is 10.0 Å². The Bertz CT molecular complexity index is 729. The highest BCUT2D eigenvalue weighted by Gasteiger charge is 2.15. The molecule has 5 nitrogen and oxygen atoms in total. The smallest absolute Gasteiger partial charge is 0.423 e. The van der Waals surface area contributed by atoms with Gasteiger partial charge < -0.3 is 10.0 Å². The number of rotatable bonds is 4. The lowest BCUT2D eigenvalue weighted by Gasteiger charge is -2.07. The van der Waals surface area contributed by atoms with Crippen LogP contribution in [0.15, 0.2) is 60.8 Å². The summed E-state index contributed by atoms with van der Waals surface area (Å²) in [7, 11) is -1.49. The number of aromatic nitrogens is 3. The Morgan fingerprint density at radius 1 is 0.952 bits per heavy atom. The lowest BCUT2D eigenvalue weighted by atomic mass is 9.77. The van der Waals surface area contributed by atoms with E-state index in [1.807, 2.05) is 48.7 Å². The molecule has 0 aliphatic heterocycles. The van der Waals surface area contributed by atoms with Gasteiger partial charge in [0.2, 0.25) is 0 Å². The maximum absolute atomic E-state index is 9.38. The molecule has 0 aliphatic carbocycles. The summed E-state index contributed by atoms with van der Waals surface area (Å²) in [5, 5.41) is 27.0. The van der Waals surface area contributed by atoms with Crippen molar-refractivity contribution >= 4 is 12.6 Å². The molecule has 1 aromatic heterocycles. The van der Waals surface area contributed by atoms with E-state index in [2.05, 4.69) is 10.3 Å². The third kappa shape index (κ3) is 3.02. The van der Waals surface area contributed by atoms with Gasteiger partial charge in [0.1, 0.15) is 5.69 Å². The molecule has 0 radical (unpaired) electrons. The van der Waals surface area contributed by atoms with Crippen LogP contribution in [-0.2, 0) is 6.54 Å². The van der Waals surface area contributed by atoms with E-state index in [1.54, 1.807) is 16.8 Å². The zero-order valence-electron chi connectivity index (χ0n) is 11.3. The predicted octanol–water partition coefficient (Wildman–Crippen LogP) is 0.673. The van der Waals surface area contributed by atoms with Gasteiger partial charge in [0, 0.05) is 5.56 Å². The van der Waals surface area contributed by atoms with Crippen molar-refractivity contribution in [3.05, 3.63) is 66.4 Å². The van der Waals surface area contributed by atoms with Gasteiger partial charge in [-0.05, 0) is 11.0 Å². The molecule has 0 aliphatic rings. The average molecular weight is 279 g/mol. The second-order valence-electron chi connectivity index (χ2n) is 4.74. The third-order valence-corrected chi connectivity index (χ3v) is 3.27. The van der Waals surface area contributed by atoms with Gasteiger partial charge >= 0.3 is 7.12 Å². The average Bonchev–Trinajstić information content (AvgIpc) is 2.97. The highest BCUT2D eigenvalue weighted by Crippen LogP contribution is 2.15. The molecule has 3 rings (SSSR count). The third-order valence-electron chi connectivity index (χ3n) is 3.27. The van der Waals surface area contributed by atoms with E-state index in [1.165, 1.54) is 0 Å². The largest absolute Gasteiger partial charge is 0.488 e. The number of nitrogens with zero attached hydrogens (tertiary/aromatic N) is 3. The number of hydrogen-bond acceptors (Lipinski definition) is 4. The minimum atomic E-state index is -1.49. The normalized spacial score (nSPS) is 10.6. The van der Waals surface area contributed by atoms with Crippen molar-refractivity contribution in [1.29, 1.82) is 0 Å². The maximum Gasteiger partial charge on any atom is 0.488 e. The number of benzene rings is 2. The standard InChI is InChI=1S/C15H14BN3O2/c20-16(21)14-9-5-4-8-13(14)10-19-11-15(17-18-19)12-6-2-1-3-7-12/h1-9,11,20-21H,10H2. The number of hydrogen-bond donors (Lipinski definition) is 2. The molecule has 0 saturated carbocycles. The molecule has 0 bridgehead atoms. The molecule has 0 unspecified atom stereocenters. The van der Waals surface area contributed by atoms with Gasteiger partial charge in [-0.25, -0.2) is 4.68 Å². The molecule has 0 saturated heterocycles. The van der Waals surface area contributed by atoms with Gasteiger partial charge in [0.05, 0.1) is 12.7 Å². The van der Waals surface area contributed by atoms with Crippen LogP contribution in [0.2, 0.25) is 0 Å². The van der Waals surface area contributed by atoms with Gasteiger partial charge in [-0.1, -0.05) is 59.8 Å². The first kappa shape index (κ1) is 13.5. The van der Waals surface area contributed by atoms with Crippen LogP contribution in [-0.4, -0.2) is 32.2 Å². The predicted molar refractivity (Wildman–Crippen MR) is 80.8 cm³/mol. The summed E-state index contributed by atoms with van der Waals surface area (Å²) < 4.78 is 1.68. The van der Waals surface area contributed by atoms with Crippen LogP contribution in [0.3, 0.4) is 0 Å². The summed E-state index contributed by atoms with van der Waals surface area (Å²) in [6.07, 6.45) is 1.84. The van der Waals surface area contributed by atoms with Gasteiger partial charge in [-0.2, -0.15) is 0 Å². The van der Waals surface area contributed by atoms with Crippen molar-refractivity contribution in [3.63, 3.8) is 0 Å². The second kappa shape index (κ2) is 5.91. The van der Waals surface area contributed by atoms with Crippen molar-refractivity contribution in [3.8, 4) is 11.3 Å². The topological polar surface area (TPSA) is 71.2 Å². The highest BCUT2D eigenvalue weighted by atomic mass is 16.4. The Morgan fingerprint density at radius 2 is 1.67 bits per heavy atom. The Morgan fingerprint density at radius 3 is 2.43 bits per heavy atom. The van der Waals surface area contributed by atoms with E-state index in [4.69, 9.17) is 0 Å². The molecule has 104 valence electrons. The van der Waals surface area contributed by atoms with Crippen LogP contribution in [0.25, 0.3) is 11.3 Å². The van der Waals surface area contributed by atoms with E-state index in [-0.39, 0.29) is 0 Å².